The fourth-order valence-electron chi connectivity index (χ4n) is 2.59. The normalized spacial score (nSPS) is 22.5. The highest BCUT2D eigenvalue weighted by Gasteiger charge is 2.50. The average molecular weight is 355 g/mol. The molecule has 9 heteroatoms. The maximum atomic E-state index is 12.9. The van der Waals surface area contributed by atoms with Crippen LogP contribution in [0.3, 0.4) is 0 Å². The van der Waals surface area contributed by atoms with Gasteiger partial charge < -0.3 is 16.0 Å². The van der Waals surface area contributed by atoms with Gasteiger partial charge in [0.15, 0.2) is 0 Å². The molecular formula is C15H21N3O5S. The van der Waals surface area contributed by atoms with Crippen molar-refractivity contribution >= 4 is 21.9 Å². The molecule has 0 aromatic heterocycles. The predicted molar refractivity (Wildman–Crippen MR) is 87.2 cm³/mol. The third-order valence-corrected chi connectivity index (χ3v) is 4.30. The zero-order valence-corrected chi connectivity index (χ0v) is 14.6. The van der Waals surface area contributed by atoms with Crippen LogP contribution in [0.25, 0.3) is 0 Å². The van der Waals surface area contributed by atoms with Gasteiger partial charge in [-0.25, -0.2) is 4.18 Å². The molecule has 1 unspecified atom stereocenters. The molecule has 1 aliphatic rings. The van der Waals surface area contributed by atoms with E-state index in [-0.39, 0.29) is 0 Å². The lowest BCUT2D eigenvalue weighted by Crippen LogP contribution is -2.60. The van der Waals surface area contributed by atoms with Crippen molar-refractivity contribution in [2.45, 2.75) is 25.1 Å². The van der Waals surface area contributed by atoms with E-state index in [1.54, 1.807) is 24.3 Å². The predicted octanol–water partition coefficient (Wildman–Crippen LogP) is -0.706. The molecule has 2 rings (SSSR count). The third-order valence-electron chi connectivity index (χ3n) is 3.75. The Kier molecular flexibility index (Phi) is 4.97. The number of nitrogens with one attached hydrogen (secondary N) is 1. The monoisotopic (exact) mass is 355 g/mol. The van der Waals surface area contributed by atoms with E-state index < -0.39 is 33.7 Å². The van der Waals surface area contributed by atoms with Crippen molar-refractivity contribution in [1.29, 1.82) is 0 Å². The first-order valence-electron chi connectivity index (χ1n) is 7.39. The van der Waals surface area contributed by atoms with Crippen molar-refractivity contribution in [2.24, 2.45) is 5.73 Å². The second-order valence-electron chi connectivity index (χ2n) is 5.88. The van der Waals surface area contributed by atoms with Crippen LogP contribution in [0, 0.1) is 0 Å². The second-order valence-corrected chi connectivity index (χ2v) is 7.46. The summed E-state index contributed by atoms with van der Waals surface area (Å²) in [5.41, 5.74) is 4.41. The summed E-state index contributed by atoms with van der Waals surface area (Å²) in [4.78, 5) is 26.5. The van der Waals surface area contributed by atoms with E-state index in [0.29, 0.717) is 24.1 Å². The summed E-state index contributed by atoms with van der Waals surface area (Å²) in [6, 6.07) is 5.81. The molecule has 0 radical (unpaired) electrons. The van der Waals surface area contributed by atoms with Crippen LogP contribution in [0.5, 0.6) is 0 Å². The van der Waals surface area contributed by atoms with Crippen molar-refractivity contribution in [3.8, 4) is 0 Å². The molecule has 0 spiro atoms. The van der Waals surface area contributed by atoms with Crippen molar-refractivity contribution in [3.05, 3.63) is 35.4 Å². The van der Waals surface area contributed by atoms with Gasteiger partial charge in [-0.15, -0.1) is 0 Å². The van der Waals surface area contributed by atoms with Crippen molar-refractivity contribution in [2.75, 3.05) is 19.8 Å². The Morgan fingerprint density at radius 1 is 1.42 bits per heavy atom. The third kappa shape index (κ3) is 3.58. The number of hydrogen-bond acceptors (Lipinski definition) is 6. The van der Waals surface area contributed by atoms with Gasteiger partial charge in [0.1, 0.15) is 0 Å². The maximum Gasteiger partial charge on any atom is 0.281 e. The van der Waals surface area contributed by atoms with E-state index >= 15 is 0 Å². The maximum absolute atomic E-state index is 12.9. The number of carbonyl (C=O) groups excluding carboxylic acids is 2. The molecule has 0 fully saturated rings. The van der Waals surface area contributed by atoms with Crippen LogP contribution in [0.4, 0.5) is 0 Å². The minimum atomic E-state index is -4.07. The number of carbonyl (C=O) groups is 2. The fourth-order valence-corrected chi connectivity index (χ4v) is 3.25. The van der Waals surface area contributed by atoms with E-state index in [1.165, 1.54) is 18.9 Å². The first-order valence-corrected chi connectivity index (χ1v) is 9.20. The number of nitrogens with zero attached hydrogens (tertiary/aromatic N) is 1. The van der Waals surface area contributed by atoms with E-state index in [1.807, 2.05) is 0 Å². The molecule has 8 nitrogen and oxygen atoms in total. The van der Waals surface area contributed by atoms with Gasteiger partial charge in [-0.2, -0.15) is 8.42 Å². The molecule has 1 aliphatic heterocycles. The van der Waals surface area contributed by atoms with Crippen molar-refractivity contribution in [3.63, 3.8) is 0 Å². The van der Waals surface area contributed by atoms with Gasteiger partial charge in [0.05, 0.1) is 12.3 Å². The smallest absolute Gasteiger partial charge is 0.281 e. The Morgan fingerprint density at radius 2 is 2.04 bits per heavy atom. The van der Waals surface area contributed by atoms with Crippen LogP contribution < -0.4 is 11.1 Å². The summed E-state index contributed by atoms with van der Waals surface area (Å²) in [6.45, 7) is 1.79. The number of likely N-dealkylation sites (N-methyl/N-ethyl adjacent to an activating group) is 1. The number of benzene rings is 1. The first kappa shape index (κ1) is 18.4. The minimum Gasteiger partial charge on any atom is -0.341 e. The highest BCUT2D eigenvalue weighted by Crippen LogP contribution is 2.33. The lowest BCUT2D eigenvalue weighted by Gasteiger charge is -2.34. The van der Waals surface area contributed by atoms with Gasteiger partial charge in [-0.05, 0) is 18.9 Å². The van der Waals surface area contributed by atoms with Gasteiger partial charge in [-0.3, -0.25) is 9.59 Å². The Hall–Kier alpha value is -1.97. The quantitative estimate of drug-likeness (QED) is 0.544. The van der Waals surface area contributed by atoms with Gasteiger partial charge in [0.2, 0.25) is 5.91 Å². The SMILES string of the molecule is C[C@H](N)C(=O)NC1(OS(C)(=O)=O)C(=O)N(C)CCc2ccccc21. The van der Waals surface area contributed by atoms with Gasteiger partial charge in [0.25, 0.3) is 21.8 Å². The molecule has 0 aliphatic carbocycles. The average Bonchev–Trinajstić information content (AvgIpc) is 2.57. The molecule has 2 amide bonds. The van der Waals surface area contributed by atoms with Crippen molar-refractivity contribution in [1.82, 2.24) is 10.2 Å². The molecule has 2 atom stereocenters. The summed E-state index contributed by atoms with van der Waals surface area (Å²) in [7, 11) is -2.55. The molecule has 3 N–H and O–H groups in total. The van der Waals surface area contributed by atoms with Crippen molar-refractivity contribution < 1.29 is 22.2 Å². The summed E-state index contributed by atoms with van der Waals surface area (Å²) < 4.78 is 28.9. The molecular weight excluding hydrogens is 334 g/mol. The van der Waals surface area contributed by atoms with Crippen LogP contribution in [0.15, 0.2) is 24.3 Å². The molecule has 1 aromatic rings. The molecule has 132 valence electrons. The summed E-state index contributed by atoms with van der Waals surface area (Å²) in [5.74, 6) is -1.37. The Labute approximate surface area is 141 Å². The van der Waals surface area contributed by atoms with E-state index in [2.05, 4.69) is 5.32 Å². The standard InChI is InChI=1S/C15H21N3O5S/c1-10(16)13(19)17-15(23-24(3,21)22)12-7-5-4-6-11(12)8-9-18(2)14(15)20/h4-7,10H,8-9,16H2,1-3H3,(H,17,19)/t10-,15?/m0/s1. The number of amides is 2. The minimum absolute atomic E-state index is 0.291. The fraction of sp³-hybridized carbons (Fsp3) is 0.467. The number of hydrogen-bond donors (Lipinski definition) is 2. The molecule has 24 heavy (non-hydrogen) atoms. The van der Waals surface area contributed by atoms with Gasteiger partial charge >= 0.3 is 0 Å². The lowest BCUT2D eigenvalue weighted by atomic mass is 9.95. The topological polar surface area (TPSA) is 119 Å². The highest BCUT2D eigenvalue weighted by molar-refractivity contribution is 7.86. The van der Waals surface area contributed by atoms with Crippen LogP contribution in [-0.4, -0.2) is 51.0 Å². The Bertz CT molecular complexity index is 762. The lowest BCUT2D eigenvalue weighted by molar-refractivity contribution is -0.154. The molecule has 0 saturated heterocycles. The van der Waals surface area contributed by atoms with Crippen LogP contribution in [0.2, 0.25) is 0 Å². The Balaban J connectivity index is 2.71. The zero-order valence-electron chi connectivity index (χ0n) is 13.8. The van der Waals surface area contributed by atoms with Gasteiger partial charge in [-0.1, -0.05) is 24.3 Å². The summed E-state index contributed by atoms with van der Waals surface area (Å²) >= 11 is 0. The van der Waals surface area contributed by atoms with Gasteiger partial charge in [0, 0.05) is 19.2 Å². The molecule has 1 heterocycles. The van der Waals surface area contributed by atoms with E-state index in [9.17, 15) is 18.0 Å². The second kappa shape index (κ2) is 6.50. The number of fused-ring (bicyclic) bond motifs is 1. The number of nitrogens with two attached hydrogens (primary N) is 1. The van der Waals surface area contributed by atoms with Crippen LogP contribution >= 0.6 is 0 Å². The zero-order chi connectivity index (χ0) is 18.1. The molecule has 0 bridgehead atoms. The highest BCUT2D eigenvalue weighted by atomic mass is 32.2. The summed E-state index contributed by atoms with van der Waals surface area (Å²) in [5, 5.41) is 2.41. The molecule has 0 saturated carbocycles. The van der Waals surface area contributed by atoms with E-state index in [4.69, 9.17) is 9.92 Å². The molecule has 1 aromatic carbocycles. The Morgan fingerprint density at radius 3 is 2.62 bits per heavy atom. The summed E-state index contributed by atoms with van der Waals surface area (Å²) in [6.07, 6.45) is 1.33. The van der Waals surface area contributed by atoms with Crippen LogP contribution in [-0.2, 0) is 36.0 Å². The largest absolute Gasteiger partial charge is 0.341 e. The first-order chi connectivity index (χ1) is 11.1. The van der Waals surface area contributed by atoms with Crippen LogP contribution in [0.1, 0.15) is 18.1 Å². The van der Waals surface area contributed by atoms with E-state index in [0.717, 1.165) is 6.26 Å². The number of rotatable bonds is 4.